The van der Waals surface area contributed by atoms with Crippen molar-refractivity contribution in [2.24, 2.45) is 7.05 Å². The van der Waals surface area contributed by atoms with Crippen molar-refractivity contribution in [1.29, 1.82) is 0 Å². The van der Waals surface area contributed by atoms with E-state index in [1.54, 1.807) is 0 Å². The first-order chi connectivity index (χ1) is 8.56. The average Bonchev–Trinajstić information content (AvgIpc) is 2.74. The molecule has 0 N–H and O–H groups in total. The van der Waals surface area contributed by atoms with E-state index in [9.17, 15) is 0 Å². The van der Waals surface area contributed by atoms with Gasteiger partial charge < -0.3 is 4.90 Å². The number of rotatable bonds is 4. The van der Waals surface area contributed by atoms with Crippen LogP contribution in [-0.4, -0.2) is 20.8 Å². The van der Waals surface area contributed by atoms with Crippen LogP contribution < -0.4 is 4.90 Å². The number of aromatic nitrogens is 3. The number of nitrogens with zero attached hydrogens (tertiary/aromatic N) is 4. The number of aryl methyl sites for hydroxylation is 1. The Labute approximate surface area is 112 Å². The second-order valence-electron chi connectivity index (χ2n) is 4.58. The zero-order valence-corrected chi connectivity index (χ0v) is 11.6. The minimum absolute atomic E-state index is 0.393. The lowest BCUT2D eigenvalue weighted by atomic mass is 10.2. The van der Waals surface area contributed by atoms with Crippen LogP contribution in [0.5, 0.6) is 0 Å². The second-order valence-corrected chi connectivity index (χ2v) is 4.97. The van der Waals surface area contributed by atoms with E-state index in [0.717, 1.165) is 17.8 Å². The molecule has 5 heteroatoms. The summed E-state index contributed by atoms with van der Waals surface area (Å²) in [4.78, 5) is 6.38. The number of pyridine rings is 1. The van der Waals surface area contributed by atoms with Crippen molar-refractivity contribution in [3.8, 4) is 0 Å². The van der Waals surface area contributed by atoms with Crippen molar-refractivity contribution < 1.29 is 0 Å². The van der Waals surface area contributed by atoms with Crippen molar-refractivity contribution in [2.45, 2.75) is 26.4 Å². The third-order valence-corrected chi connectivity index (χ3v) is 3.01. The zero-order chi connectivity index (χ0) is 13.1. The minimum atomic E-state index is 0.393. The van der Waals surface area contributed by atoms with E-state index in [1.165, 1.54) is 0 Å². The van der Waals surface area contributed by atoms with Gasteiger partial charge in [-0.25, -0.2) is 4.98 Å². The summed E-state index contributed by atoms with van der Waals surface area (Å²) in [7, 11) is 1.92. The van der Waals surface area contributed by atoms with Crippen molar-refractivity contribution in [3.63, 3.8) is 0 Å². The molecule has 0 amide bonds. The topological polar surface area (TPSA) is 34.0 Å². The highest BCUT2D eigenvalue weighted by atomic mass is 35.5. The molecular weight excluding hydrogens is 248 g/mol. The van der Waals surface area contributed by atoms with Crippen LogP contribution in [0.15, 0.2) is 30.7 Å². The summed E-state index contributed by atoms with van der Waals surface area (Å²) >= 11 is 5.79. The van der Waals surface area contributed by atoms with Gasteiger partial charge >= 0.3 is 0 Å². The third-order valence-electron chi connectivity index (χ3n) is 2.79. The Balaban J connectivity index is 2.19. The lowest BCUT2D eigenvalue weighted by Gasteiger charge is -2.27. The van der Waals surface area contributed by atoms with Crippen LogP contribution >= 0.6 is 11.6 Å². The van der Waals surface area contributed by atoms with Gasteiger partial charge in [0.25, 0.3) is 0 Å². The molecule has 2 rings (SSSR count). The SMILES string of the molecule is CC(C)N(Cc1ccc(Cl)nc1)c1cnn(C)c1. The van der Waals surface area contributed by atoms with Crippen molar-refractivity contribution in [3.05, 3.63) is 41.4 Å². The van der Waals surface area contributed by atoms with E-state index in [-0.39, 0.29) is 0 Å². The number of hydrogen-bond acceptors (Lipinski definition) is 3. The van der Waals surface area contributed by atoms with E-state index in [4.69, 9.17) is 11.6 Å². The molecule has 18 heavy (non-hydrogen) atoms. The Hall–Kier alpha value is -1.55. The Kier molecular flexibility index (Phi) is 3.87. The average molecular weight is 265 g/mol. The number of halogens is 1. The van der Waals surface area contributed by atoms with Gasteiger partial charge in [-0.2, -0.15) is 5.10 Å². The van der Waals surface area contributed by atoms with Gasteiger partial charge in [-0.3, -0.25) is 4.68 Å². The molecule has 96 valence electrons. The first-order valence-electron chi connectivity index (χ1n) is 5.92. The molecule has 0 aliphatic rings. The van der Waals surface area contributed by atoms with E-state index in [1.807, 2.05) is 42.5 Å². The van der Waals surface area contributed by atoms with Crippen LogP contribution in [0.3, 0.4) is 0 Å². The number of anilines is 1. The van der Waals surface area contributed by atoms with Crippen LogP contribution in [0.4, 0.5) is 5.69 Å². The summed E-state index contributed by atoms with van der Waals surface area (Å²) in [5.41, 5.74) is 2.25. The highest BCUT2D eigenvalue weighted by molar-refractivity contribution is 6.29. The van der Waals surface area contributed by atoms with E-state index in [0.29, 0.717) is 11.2 Å². The molecular formula is C13H17ClN4. The molecule has 0 saturated heterocycles. The first-order valence-corrected chi connectivity index (χ1v) is 6.30. The molecule has 0 spiro atoms. The van der Waals surface area contributed by atoms with Gasteiger partial charge in [-0.15, -0.1) is 0 Å². The maximum Gasteiger partial charge on any atom is 0.129 e. The van der Waals surface area contributed by atoms with Crippen LogP contribution in [0.2, 0.25) is 5.15 Å². The maximum atomic E-state index is 5.79. The summed E-state index contributed by atoms with van der Waals surface area (Å²) < 4.78 is 1.81. The number of hydrogen-bond donors (Lipinski definition) is 0. The lowest BCUT2D eigenvalue weighted by molar-refractivity contribution is 0.680. The standard InChI is InChI=1S/C13H17ClN4/c1-10(2)18(12-7-16-17(3)9-12)8-11-4-5-13(14)15-6-11/h4-7,9-10H,8H2,1-3H3. The largest absolute Gasteiger partial charge is 0.362 e. The summed E-state index contributed by atoms with van der Waals surface area (Å²) in [5.74, 6) is 0. The summed E-state index contributed by atoms with van der Waals surface area (Å²) in [6, 6.07) is 4.21. The Morgan fingerprint density at radius 2 is 2.11 bits per heavy atom. The molecule has 2 aromatic rings. The van der Waals surface area contributed by atoms with Gasteiger partial charge in [0.15, 0.2) is 0 Å². The fourth-order valence-electron chi connectivity index (χ4n) is 1.83. The Bertz CT molecular complexity index is 504. The predicted octanol–water partition coefficient (Wildman–Crippen LogP) is 2.88. The molecule has 2 aromatic heterocycles. The summed E-state index contributed by atoms with van der Waals surface area (Å²) in [6.07, 6.45) is 5.71. The van der Waals surface area contributed by atoms with Crippen LogP contribution in [-0.2, 0) is 13.6 Å². The quantitative estimate of drug-likeness (QED) is 0.797. The van der Waals surface area contributed by atoms with Crippen molar-refractivity contribution in [2.75, 3.05) is 4.90 Å². The molecule has 0 aliphatic heterocycles. The predicted molar refractivity (Wildman–Crippen MR) is 73.8 cm³/mol. The molecule has 0 unspecified atom stereocenters. The van der Waals surface area contributed by atoms with E-state index >= 15 is 0 Å². The van der Waals surface area contributed by atoms with Crippen LogP contribution in [0.25, 0.3) is 0 Å². The molecule has 0 saturated carbocycles. The third kappa shape index (κ3) is 3.01. The van der Waals surface area contributed by atoms with Crippen molar-refractivity contribution >= 4 is 17.3 Å². The van der Waals surface area contributed by atoms with Gasteiger partial charge in [0.1, 0.15) is 5.15 Å². The maximum absolute atomic E-state index is 5.79. The Morgan fingerprint density at radius 1 is 1.33 bits per heavy atom. The monoisotopic (exact) mass is 264 g/mol. The van der Waals surface area contributed by atoms with Crippen LogP contribution in [0.1, 0.15) is 19.4 Å². The van der Waals surface area contributed by atoms with Gasteiger partial charge in [0, 0.05) is 32.0 Å². The summed E-state index contributed by atoms with van der Waals surface area (Å²) in [5, 5.41) is 4.74. The molecule has 4 nitrogen and oxygen atoms in total. The minimum Gasteiger partial charge on any atom is -0.362 e. The normalized spacial score (nSPS) is 10.9. The summed E-state index contributed by atoms with van der Waals surface area (Å²) in [6.45, 7) is 5.13. The highest BCUT2D eigenvalue weighted by Crippen LogP contribution is 2.19. The molecule has 2 heterocycles. The molecule has 0 bridgehead atoms. The van der Waals surface area contributed by atoms with Gasteiger partial charge in [0.2, 0.25) is 0 Å². The first kappa shape index (κ1) is 12.9. The fourth-order valence-corrected chi connectivity index (χ4v) is 1.94. The van der Waals surface area contributed by atoms with Gasteiger partial charge in [-0.05, 0) is 25.5 Å². The smallest absolute Gasteiger partial charge is 0.129 e. The second kappa shape index (κ2) is 5.40. The highest BCUT2D eigenvalue weighted by Gasteiger charge is 2.13. The van der Waals surface area contributed by atoms with Crippen molar-refractivity contribution in [1.82, 2.24) is 14.8 Å². The zero-order valence-electron chi connectivity index (χ0n) is 10.8. The molecule has 0 atom stereocenters. The molecule has 0 aromatic carbocycles. The molecule has 0 aliphatic carbocycles. The van der Waals surface area contributed by atoms with E-state index in [2.05, 4.69) is 28.8 Å². The van der Waals surface area contributed by atoms with E-state index < -0.39 is 0 Å². The fraction of sp³-hybridized carbons (Fsp3) is 0.385. The van der Waals surface area contributed by atoms with Crippen LogP contribution in [0, 0.1) is 0 Å². The molecule has 0 radical (unpaired) electrons. The van der Waals surface area contributed by atoms with Gasteiger partial charge in [0.05, 0.1) is 11.9 Å². The van der Waals surface area contributed by atoms with Gasteiger partial charge in [-0.1, -0.05) is 17.7 Å². The Morgan fingerprint density at radius 3 is 2.61 bits per heavy atom. The molecule has 0 fully saturated rings. The lowest BCUT2D eigenvalue weighted by Crippen LogP contribution is -2.29.